The van der Waals surface area contributed by atoms with Gasteiger partial charge in [-0.15, -0.1) is 0 Å². The van der Waals surface area contributed by atoms with Crippen molar-refractivity contribution in [2.24, 2.45) is 5.73 Å². The highest BCUT2D eigenvalue weighted by Crippen LogP contribution is 2.11. The molecule has 0 aliphatic carbocycles. The van der Waals surface area contributed by atoms with Crippen molar-refractivity contribution in [1.29, 1.82) is 0 Å². The van der Waals surface area contributed by atoms with Gasteiger partial charge in [-0.3, -0.25) is 9.59 Å². The monoisotopic (exact) mass is 264 g/mol. The van der Waals surface area contributed by atoms with Crippen LogP contribution in [0.15, 0.2) is 24.3 Å². The molecule has 2 amide bonds. The summed E-state index contributed by atoms with van der Waals surface area (Å²) >= 11 is 0. The summed E-state index contributed by atoms with van der Waals surface area (Å²) in [5, 5.41) is 9.04. The average molecular weight is 264 g/mol. The van der Waals surface area contributed by atoms with Crippen LogP contribution < -0.4 is 5.73 Å². The molecule has 0 radical (unpaired) electrons. The van der Waals surface area contributed by atoms with Gasteiger partial charge < -0.3 is 20.5 Å². The Balaban J connectivity index is 2.08. The fourth-order valence-electron chi connectivity index (χ4n) is 1.97. The zero-order valence-corrected chi connectivity index (χ0v) is 10.4. The molecule has 1 aliphatic heterocycles. The van der Waals surface area contributed by atoms with E-state index in [2.05, 4.69) is 0 Å². The first-order valence-electron chi connectivity index (χ1n) is 6.03. The largest absolute Gasteiger partial charge is 0.394 e. The second-order valence-corrected chi connectivity index (χ2v) is 4.37. The smallest absolute Gasteiger partial charge is 0.254 e. The third-order valence-corrected chi connectivity index (χ3v) is 3.05. The number of carbonyl (C=O) groups excluding carboxylic acids is 2. The van der Waals surface area contributed by atoms with Gasteiger partial charge in [0.1, 0.15) is 0 Å². The lowest BCUT2D eigenvalue weighted by atomic mass is 10.1. The third kappa shape index (κ3) is 3.10. The molecule has 1 heterocycles. The Morgan fingerprint density at radius 2 is 1.95 bits per heavy atom. The summed E-state index contributed by atoms with van der Waals surface area (Å²) in [6, 6.07) is 6.21. The number of nitrogens with two attached hydrogens (primary N) is 1. The molecule has 1 unspecified atom stereocenters. The van der Waals surface area contributed by atoms with Crippen LogP contribution in [-0.4, -0.2) is 54.2 Å². The number of primary amides is 1. The van der Waals surface area contributed by atoms with Gasteiger partial charge in [0.25, 0.3) is 5.91 Å². The molecule has 0 aromatic heterocycles. The van der Waals surface area contributed by atoms with Crippen molar-refractivity contribution in [3.63, 3.8) is 0 Å². The maximum atomic E-state index is 12.2. The molecule has 0 saturated carbocycles. The molecule has 1 aromatic carbocycles. The molecule has 0 spiro atoms. The number of carbonyl (C=O) groups is 2. The number of hydrogen-bond donors (Lipinski definition) is 2. The number of benzene rings is 1. The summed E-state index contributed by atoms with van der Waals surface area (Å²) in [4.78, 5) is 24.8. The van der Waals surface area contributed by atoms with Crippen molar-refractivity contribution < 1.29 is 19.4 Å². The minimum absolute atomic E-state index is 0.107. The number of ether oxygens (including phenoxy) is 1. The predicted octanol–water partition coefficient (Wildman–Crippen LogP) is -0.381. The molecule has 19 heavy (non-hydrogen) atoms. The Hall–Kier alpha value is -1.92. The van der Waals surface area contributed by atoms with Gasteiger partial charge in [0.05, 0.1) is 19.3 Å². The Morgan fingerprint density at radius 3 is 2.53 bits per heavy atom. The Kier molecular flexibility index (Phi) is 4.13. The first-order valence-corrected chi connectivity index (χ1v) is 6.03. The summed E-state index contributed by atoms with van der Waals surface area (Å²) in [6.45, 7) is 1.17. The molecule has 1 saturated heterocycles. The molecule has 1 aliphatic rings. The van der Waals surface area contributed by atoms with Gasteiger partial charge in [-0.1, -0.05) is 0 Å². The molecule has 1 fully saturated rings. The van der Waals surface area contributed by atoms with Crippen LogP contribution in [0.25, 0.3) is 0 Å². The van der Waals surface area contributed by atoms with Crippen molar-refractivity contribution in [1.82, 2.24) is 4.90 Å². The van der Waals surface area contributed by atoms with Crippen molar-refractivity contribution >= 4 is 11.8 Å². The Bertz CT molecular complexity index is 472. The average Bonchev–Trinajstić information content (AvgIpc) is 2.46. The minimum Gasteiger partial charge on any atom is -0.394 e. The van der Waals surface area contributed by atoms with Gasteiger partial charge in [-0.2, -0.15) is 0 Å². The molecule has 6 nitrogen and oxygen atoms in total. The highest BCUT2D eigenvalue weighted by Gasteiger charge is 2.24. The summed E-state index contributed by atoms with van der Waals surface area (Å²) < 4.78 is 5.29. The molecule has 1 atom stereocenters. The number of aliphatic hydroxyl groups excluding tert-OH is 1. The lowest BCUT2D eigenvalue weighted by molar-refractivity contribution is -0.0447. The Labute approximate surface area is 110 Å². The van der Waals surface area contributed by atoms with E-state index < -0.39 is 5.91 Å². The van der Waals surface area contributed by atoms with E-state index >= 15 is 0 Å². The molecule has 6 heteroatoms. The molecule has 1 aromatic rings. The van der Waals surface area contributed by atoms with Crippen LogP contribution in [0.4, 0.5) is 0 Å². The first-order chi connectivity index (χ1) is 9.11. The second-order valence-electron chi connectivity index (χ2n) is 4.37. The molecule has 102 valence electrons. The fourth-order valence-corrected chi connectivity index (χ4v) is 1.97. The zero-order valence-electron chi connectivity index (χ0n) is 10.4. The van der Waals surface area contributed by atoms with Gasteiger partial charge in [0.2, 0.25) is 5.91 Å². The van der Waals surface area contributed by atoms with Gasteiger partial charge in [0, 0.05) is 24.2 Å². The van der Waals surface area contributed by atoms with E-state index in [1.54, 1.807) is 17.0 Å². The summed E-state index contributed by atoms with van der Waals surface area (Å²) in [7, 11) is 0. The molecular weight excluding hydrogens is 248 g/mol. The molecule has 0 bridgehead atoms. The molecule has 3 N–H and O–H groups in total. The predicted molar refractivity (Wildman–Crippen MR) is 67.7 cm³/mol. The lowest BCUT2D eigenvalue weighted by Gasteiger charge is -2.32. The van der Waals surface area contributed by atoms with Crippen molar-refractivity contribution in [3.8, 4) is 0 Å². The van der Waals surface area contributed by atoms with Crippen molar-refractivity contribution in [2.75, 3.05) is 26.3 Å². The number of amides is 2. The van der Waals surface area contributed by atoms with Crippen LogP contribution in [-0.2, 0) is 4.74 Å². The van der Waals surface area contributed by atoms with E-state index in [0.717, 1.165) is 0 Å². The highest BCUT2D eigenvalue weighted by molar-refractivity contribution is 5.97. The van der Waals surface area contributed by atoms with Crippen LogP contribution >= 0.6 is 0 Å². The quantitative estimate of drug-likeness (QED) is 0.778. The molecule has 2 rings (SSSR count). The Morgan fingerprint density at radius 1 is 1.32 bits per heavy atom. The maximum Gasteiger partial charge on any atom is 0.254 e. The van der Waals surface area contributed by atoms with Gasteiger partial charge >= 0.3 is 0 Å². The van der Waals surface area contributed by atoms with Crippen LogP contribution in [0.1, 0.15) is 20.7 Å². The highest BCUT2D eigenvalue weighted by atomic mass is 16.5. The SMILES string of the molecule is NC(=O)c1ccc(C(=O)N2CCOC(CO)C2)cc1. The second kappa shape index (κ2) is 5.81. The van der Waals surface area contributed by atoms with Gasteiger partial charge in [-0.05, 0) is 24.3 Å². The number of aliphatic hydroxyl groups is 1. The first kappa shape index (κ1) is 13.5. The van der Waals surface area contributed by atoms with E-state index in [1.165, 1.54) is 12.1 Å². The maximum absolute atomic E-state index is 12.2. The standard InChI is InChI=1S/C13H16N2O4/c14-12(17)9-1-3-10(4-2-9)13(18)15-5-6-19-11(7-15)8-16/h1-4,11,16H,5-8H2,(H2,14,17). The topological polar surface area (TPSA) is 92.9 Å². The van der Waals surface area contributed by atoms with E-state index in [1.807, 2.05) is 0 Å². The fraction of sp³-hybridized carbons (Fsp3) is 0.385. The lowest BCUT2D eigenvalue weighted by Crippen LogP contribution is -2.46. The van der Waals surface area contributed by atoms with Gasteiger partial charge in [0.15, 0.2) is 0 Å². The van der Waals surface area contributed by atoms with Crippen LogP contribution in [0.2, 0.25) is 0 Å². The number of hydrogen-bond acceptors (Lipinski definition) is 4. The van der Waals surface area contributed by atoms with E-state index in [4.69, 9.17) is 15.6 Å². The number of rotatable bonds is 3. The summed E-state index contributed by atoms with van der Waals surface area (Å²) in [5.41, 5.74) is 6.00. The zero-order chi connectivity index (χ0) is 13.8. The number of nitrogens with zero attached hydrogens (tertiary/aromatic N) is 1. The van der Waals surface area contributed by atoms with E-state index in [0.29, 0.717) is 30.8 Å². The van der Waals surface area contributed by atoms with E-state index in [9.17, 15) is 9.59 Å². The van der Waals surface area contributed by atoms with Crippen molar-refractivity contribution in [3.05, 3.63) is 35.4 Å². The number of morpholine rings is 1. The third-order valence-electron chi connectivity index (χ3n) is 3.05. The summed E-state index contributed by atoms with van der Waals surface area (Å²) in [6.07, 6.45) is -0.331. The van der Waals surface area contributed by atoms with E-state index in [-0.39, 0.29) is 18.6 Å². The minimum atomic E-state index is -0.522. The van der Waals surface area contributed by atoms with Gasteiger partial charge in [-0.25, -0.2) is 0 Å². The van der Waals surface area contributed by atoms with Crippen LogP contribution in [0, 0.1) is 0 Å². The van der Waals surface area contributed by atoms with Crippen LogP contribution in [0.3, 0.4) is 0 Å². The van der Waals surface area contributed by atoms with Crippen molar-refractivity contribution in [2.45, 2.75) is 6.10 Å². The van der Waals surface area contributed by atoms with Crippen LogP contribution in [0.5, 0.6) is 0 Å². The molecular formula is C13H16N2O4. The summed E-state index contributed by atoms with van der Waals surface area (Å²) in [5.74, 6) is -0.663. The normalized spacial score (nSPS) is 19.2.